The van der Waals surface area contributed by atoms with E-state index >= 15 is 0 Å². The van der Waals surface area contributed by atoms with Gasteiger partial charge < -0.3 is 11.1 Å². The van der Waals surface area contributed by atoms with E-state index in [1.54, 1.807) is 0 Å². The Balaban J connectivity index is 2.37. The van der Waals surface area contributed by atoms with Crippen LogP contribution < -0.4 is 11.1 Å². The van der Waals surface area contributed by atoms with E-state index in [9.17, 15) is 4.79 Å². The molecular formula is C13H22N2O. The summed E-state index contributed by atoms with van der Waals surface area (Å²) in [4.78, 5) is 11.8. The number of nitrogens with two attached hydrogens (primary N) is 1. The molecule has 1 amide bonds. The molecule has 0 spiro atoms. The van der Waals surface area contributed by atoms with Crippen LogP contribution in [0.3, 0.4) is 0 Å². The Hall–Kier alpha value is -1.01. The van der Waals surface area contributed by atoms with Gasteiger partial charge in [0.05, 0.1) is 6.04 Å². The Labute approximate surface area is 98.2 Å². The number of hydrogen-bond donors (Lipinski definition) is 2. The Kier molecular flexibility index (Phi) is 4.82. The van der Waals surface area contributed by atoms with Crippen LogP contribution in [0.25, 0.3) is 0 Å². The van der Waals surface area contributed by atoms with Crippen molar-refractivity contribution < 1.29 is 4.79 Å². The van der Waals surface area contributed by atoms with Gasteiger partial charge in [-0.15, -0.1) is 6.42 Å². The monoisotopic (exact) mass is 222 g/mol. The quantitative estimate of drug-likeness (QED) is 0.668. The lowest BCUT2D eigenvalue weighted by atomic mass is 9.66. The van der Waals surface area contributed by atoms with E-state index in [1.165, 1.54) is 6.42 Å². The first-order valence-corrected chi connectivity index (χ1v) is 6.11. The van der Waals surface area contributed by atoms with E-state index in [-0.39, 0.29) is 17.4 Å². The maximum atomic E-state index is 11.8. The van der Waals surface area contributed by atoms with Crippen LogP contribution >= 0.6 is 0 Å². The minimum absolute atomic E-state index is 0.0570. The molecule has 0 aromatic carbocycles. The number of carbonyl (C=O) groups excluding carboxylic acids is 1. The third-order valence-corrected chi connectivity index (χ3v) is 3.50. The van der Waals surface area contributed by atoms with Gasteiger partial charge in [0.1, 0.15) is 0 Å². The second kappa shape index (κ2) is 5.91. The van der Waals surface area contributed by atoms with Gasteiger partial charge in [-0.25, -0.2) is 0 Å². The maximum absolute atomic E-state index is 11.8. The van der Waals surface area contributed by atoms with E-state index in [0.717, 1.165) is 25.7 Å². The molecule has 1 saturated carbocycles. The van der Waals surface area contributed by atoms with Crippen molar-refractivity contribution in [2.75, 3.05) is 6.54 Å². The molecule has 1 rings (SSSR count). The van der Waals surface area contributed by atoms with Crippen LogP contribution in [0, 0.1) is 17.8 Å². The normalized spacial score (nSPS) is 19.3. The SMILES string of the molecule is C#CC(CCC)NC(=O)CC1(CN)CCC1. The molecule has 3 nitrogen and oxygen atoms in total. The molecule has 0 radical (unpaired) electrons. The highest BCUT2D eigenvalue weighted by Crippen LogP contribution is 2.42. The molecule has 0 saturated heterocycles. The molecule has 1 aliphatic rings. The van der Waals surface area contributed by atoms with Crippen LogP contribution in [0.15, 0.2) is 0 Å². The number of amides is 1. The summed E-state index contributed by atoms with van der Waals surface area (Å²) >= 11 is 0. The summed E-state index contributed by atoms with van der Waals surface area (Å²) in [6.45, 7) is 2.67. The highest BCUT2D eigenvalue weighted by atomic mass is 16.1. The van der Waals surface area contributed by atoms with Crippen molar-refractivity contribution in [1.82, 2.24) is 5.32 Å². The van der Waals surface area contributed by atoms with Crippen molar-refractivity contribution in [3.63, 3.8) is 0 Å². The van der Waals surface area contributed by atoms with E-state index in [2.05, 4.69) is 18.2 Å². The molecule has 3 heteroatoms. The number of rotatable bonds is 6. The van der Waals surface area contributed by atoms with Gasteiger partial charge in [-0.2, -0.15) is 0 Å². The number of hydrogen-bond acceptors (Lipinski definition) is 2. The van der Waals surface area contributed by atoms with Crippen molar-refractivity contribution in [3.8, 4) is 12.3 Å². The summed E-state index contributed by atoms with van der Waals surface area (Å²) in [6.07, 6.45) is 11.1. The topological polar surface area (TPSA) is 55.1 Å². The summed E-state index contributed by atoms with van der Waals surface area (Å²) in [5.41, 5.74) is 5.78. The van der Waals surface area contributed by atoms with Gasteiger partial charge in [0.2, 0.25) is 5.91 Å². The molecule has 0 heterocycles. The lowest BCUT2D eigenvalue weighted by Crippen LogP contribution is -2.44. The van der Waals surface area contributed by atoms with Crippen LogP contribution in [0.2, 0.25) is 0 Å². The third kappa shape index (κ3) is 3.24. The van der Waals surface area contributed by atoms with E-state index < -0.39 is 0 Å². The van der Waals surface area contributed by atoms with Crippen LogP contribution in [-0.4, -0.2) is 18.5 Å². The van der Waals surface area contributed by atoms with Crippen molar-refractivity contribution in [2.45, 2.75) is 51.5 Å². The second-order valence-electron chi connectivity index (χ2n) is 4.81. The number of terminal acetylenes is 1. The molecule has 16 heavy (non-hydrogen) atoms. The van der Waals surface area contributed by atoms with Gasteiger partial charge in [-0.1, -0.05) is 25.7 Å². The largest absolute Gasteiger partial charge is 0.342 e. The summed E-state index contributed by atoms with van der Waals surface area (Å²) < 4.78 is 0. The fourth-order valence-electron chi connectivity index (χ4n) is 2.20. The Bertz CT molecular complexity index is 271. The maximum Gasteiger partial charge on any atom is 0.221 e. The molecule has 3 N–H and O–H groups in total. The van der Waals surface area contributed by atoms with Gasteiger partial charge in [0, 0.05) is 6.42 Å². The molecule has 90 valence electrons. The van der Waals surface area contributed by atoms with Crippen molar-refractivity contribution >= 4 is 5.91 Å². The van der Waals surface area contributed by atoms with Crippen LogP contribution in [0.1, 0.15) is 45.4 Å². The summed E-state index contributed by atoms with van der Waals surface area (Å²) in [7, 11) is 0. The third-order valence-electron chi connectivity index (χ3n) is 3.50. The fourth-order valence-corrected chi connectivity index (χ4v) is 2.20. The highest BCUT2D eigenvalue weighted by Gasteiger charge is 2.37. The summed E-state index contributed by atoms with van der Waals surface area (Å²) in [5.74, 6) is 2.67. The molecule has 1 unspecified atom stereocenters. The molecule has 0 bridgehead atoms. The van der Waals surface area contributed by atoms with Crippen LogP contribution in [0.4, 0.5) is 0 Å². The van der Waals surface area contributed by atoms with Gasteiger partial charge in [-0.05, 0) is 31.2 Å². The van der Waals surface area contributed by atoms with E-state index in [4.69, 9.17) is 12.2 Å². The smallest absolute Gasteiger partial charge is 0.221 e. The Morgan fingerprint density at radius 1 is 1.62 bits per heavy atom. The zero-order chi connectivity index (χ0) is 12.0. The van der Waals surface area contributed by atoms with Crippen LogP contribution in [0.5, 0.6) is 0 Å². The average Bonchev–Trinajstić information content (AvgIpc) is 2.23. The molecule has 1 fully saturated rings. The molecule has 0 aliphatic heterocycles. The predicted octanol–water partition coefficient (Wildman–Crippen LogP) is 1.42. The summed E-state index contributed by atoms with van der Waals surface area (Å²) in [5, 5.41) is 2.90. The minimum atomic E-state index is -0.118. The zero-order valence-corrected chi connectivity index (χ0v) is 10.1. The van der Waals surface area contributed by atoms with Crippen molar-refractivity contribution in [1.29, 1.82) is 0 Å². The molecule has 1 aliphatic carbocycles. The highest BCUT2D eigenvalue weighted by molar-refractivity contribution is 5.77. The van der Waals surface area contributed by atoms with E-state index in [1.807, 2.05) is 0 Å². The second-order valence-corrected chi connectivity index (χ2v) is 4.81. The first-order chi connectivity index (χ1) is 7.65. The van der Waals surface area contributed by atoms with Gasteiger partial charge in [0.25, 0.3) is 0 Å². The summed E-state index contributed by atoms with van der Waals surface area (Å²) in [6, 6.07) is -0.118. The van der Waals surface area contributed by atoms with Crippen molar-refractivity contribution in [3.05, 3.63) is 0 Å². The molecule has 0 aromatic rings. The van der Waals surface area contributed by atoms with E-state index in [0.29, 0.717) is 13.0 Å². The Morgan fingerprint density at radius 3 is 2.69 bits per heavy atom. The molecule has 1 atom stereocenters. The lowest BCUT2D eigenvalue weighted by Gasteiger charge is -2.40. The number of nitrogens with one attached hydrogen (secondary N) is 1. The van der Waals surface area contributed by atoms with Crippen LogP contribution in [-0.2, 0) is 4.79 Å². The zero-order valence-electron chi connectivity index (χ0n) is 10.1. The molecule has 0 aromatic heterocycles. The molecular weight excluding hydrogens is 200 g/mol. The fraction of sp³-hybridized carbons (Fsp3) is 0.769. The predicted molar refractivity (Wildman–Crippen MR) is 65.6 cm³/mol. The average molecular weight is 222 g/mol. The van der Waals surface area contributed by atoms with Gasteiger partial charge in [0.15, 0.2) is 0 Å². The number of carbonyl (C=O) groups is 1. The Morgan fingerprint density at radius 2 is 2.31 bits per heavy atom. The first-order valence-electron chi connectivity index (χ1n) is 6.11. The lowest BCUT2D eigenvalue weighted by molar-refractivity contribution is -0.125. The van der Waals surface area contributed by atoms with Gasteiger partial charge >= 0.3 is 0 Å². The first kappa shape index (κ1) is 13.1. The minimum Gasteiger partial charge on any atom is -0.342 e. The van der Waals surface area contributed by atoms with Crippen molar-refractivity contribution in [2.24, 2.45) is 11.1 Å². The standard InChI is InChI=1S/C13H22N2O/c1-3-6-11(4-2)15-12(16)9-13(10-14)7-5-8-13/h2,11H,3,5-10,14H2,1H3,(H,15,16). The van der Waals surface area contributed by atoms with Gasteiger partial charge in [-0.3, -0.25) is 4.79 Å².